The number of pyridine rings is 1. The largest absolute Gasteiger partial charge is 0.316 e. The zero-order valence-corrected chi connectivity index (χ0v) is 8.96. The summed E-state index contributed by atoms with van der Waals surface area (Å²) in [7, 11) is 2.06. The molecule has 0 saturated heterocycles. The molecule has 0 radical (unpaired) electrons. The predicted octanol–water partition coefficient (Wildman–Crippen LogP) is 2.01. The fourth-order valence-electron chi connectivity index (χ4n) is 2.00. The second-order valence-corrected chi connectivity index (χ2v) is 4.55. The Bertz CT molecular complexity index is 290. The molecule has 2 rings (SSSR count). The molecule has 1 fully saturated rings. The standard InChI is InChI=1S/C12H18N2/c1-12(5-6-12)11(13-2)9-10-3-7-14-8-4-10/h3-4,7-8,11,13H,5-6,9H2,1-2H3. The topological polar surface area (TPSA) is 24.9 Å². The predicted molar refractivity (Wildman–Crippen MR) is 58.1 cm³/mol. The molecule has 1 aliphatic rings. The van der Waals surface area contributed by atoms with Crippen LogP contribution in [0.2, 0.25) is 0 Å². The highest BCUT2D eigenvalue weighted by Gasteiger charge is 2.43. The summed E-state index contributed by atoms with van der Waals surface area (Å²) in [4.78, 5) is 4.04. The Labute approximate surface area is 85.7 Å². The molecular formula is C12H18N2. The summed E-state index contributed by atoms with van der Waals surface area (Å²) in [5.41, 5.74) is 1.92. The lowest BCUT2D eigenvalue weighted by atomic mass is 9.93. The van der Waals surface area contributed by atoms with Crippen molar-refractivity contribution in [1.29, 1.82) is 0 Å². The van der Waals surface area contributed by atoms with Gasteiger partial charge >= 0.3 is 0 Å². The third kappa shape index (κ3) is 1.95. The normalized spacial score (nSPS) is 20.4. The third-order valence-corrected chi connectivity index (χ3v) is 3.42. The third-order valence-electron chi connectivity index (χ3n) is 3.42. The minimum absolute atomic E-state index is 0.540. The lowest BCUT2D eigenvalue weighted by Crippen LogP contribution is -2.35. The number of aromatic nitrogens is 1. The van der Waals surface area contributed by atoms with Crippen molar-refractivity contribution < 1.29 is 0 Å². The summed E-state index contributed by atoms with van der Waals surface area (Å²) >= 11 is 0. The van der Waals surface area contributed by atoms with E-state index in [2.05, 4.69) is 36.4 Å². The smallest absolute Gasteiger partial charge is 0.0270 e. The van der Waals surface area contributed by atoms with Gasteiger partial charge in [-0.3, -0.25) is 4.98 Å². The van der Waals surface area contributed by atoms with Gasteiger partial charge in [0.25, 0.3) is 0 Å². The van der Waals surface area contributed by atoms with Gasteiger partial charge in [0.2, 0.25) is 0 Å². The van der Waals surface area contributed by atoms with E-state index in [-0.39, 0.29) is 0 Å². The highest BCUT2D eigenvalue weighted by Crippen LogP contribution is 2.48. The number of nitrogens with one attached hydrogen (secondary N) is 1. The van der Waals surface area contributed by atoms with Gasteiger partial charge in [-0.25, -0.2) is 0 Å². The Morgan fingerprint density at radius 1 is 1.43 bits per heavy atom. The van der Waals surface area contributed by atoms with E-state index in [1.165, 1.54) is 18.4 Å². The molecule has 1 heterocycles. The lowest BCUT2D eigenvalue weighted by molar-refractivity contribution is 0.376. The van der Waals surface area contributed by atoms with Crippen LogP contribution in [0.25, 0.3) is 0 Å². The Morgan fingerprint density at radius 3 is 2.57 bits per heavy atom. The molecule has 1 unspecified atom stereocenters. The van der Waals surface area contributed by atoms with E-state index < -0.39 is 0 Å². The van der Waals surface area contributed by atoms with Crippen LogP contribution in [0.5, 0.6) is 0 Å². The highest BCUT2D eigenvalue weighted by atomic mass is 14.9. The molecule has 0 bridgehead atoms. The monoisotopic (exact) mass is 190 g/mol. The van der Waals surface area contributed by atoms with Gasteiger partial charge < -0.3 is 5.32 Å². The Hall–Kier alpha value is -0.890. The summed E-state index contributed by atoms with van der Waals surface area (Å²) in [5.74, 6) is 0. The van der Waals surface area contributed by atoms with E-state index in [0.29, 0.717) is 11.5 Å². The van der Waals surface area contributed by atoms with Crippen LogP contribution in [0.3, 0.4) is 0 Å². The van der Waals surface area contributed by atoms with Gasteiger partial charge in [0.05, 0.1) is 0 Å². The number of likely N-dealkylation sites (N-methyl/N-ethyl adjacent to an activating group) is 1. The number of nitrogens with zero attached hydrogens (tertiary/aromatic N) is 1. The van der Waals surface area contributed by atoms with Crippen molar-refractivity contribution in [2.24, 2.45) is 5.41 Å². The van der Waals surface area contributed by atoms with Crippen molar-refractivity contribution in [2.75, 3.05) is 7.05 Å². The molecule has 1 saturated carbocycles. The molecule has 0 aromatic carbocycles. The first-order valence-electron chi connectivity index (χ1n) is 5.31. The molecule has 1 atom stereocenters. The second kappa shape index (κ2) is 3.70. The van der Waals surface area contributed by atoms with Crippen LogP contribution in [0.4, 0.5) is 0 Å². The summed E-state index contributed by atoms with van der Waals surface area (Å²) in [6.07, 6.45) is 7.59. The minimum atomic E-state index is 0.540. The molecule has 1 N–H and O–H groups in total. The number of hydrogen-bond acceptors (Lipinski definition) is 2. The molecule has 2 heteroatoms. The molecular weight excluding hydrogens is 172 g/mol. The van der Waals surface area contributed by atoms with Crippen LogP contribution in [0.15, 0.2) is 24.5 Å². The zero-order valence-electron chi connectivity index (χ0n) is 8.96. The first kappa shape index (κ1) is 9.66. The number of hydrogen-bond donors (Lipinski definition) is 1. The molecule has 76 valence electrons. The van der Waals surface area contributed by atoms with Crippen molar-refractivity contribution in [1.82, 2.24) is 10.3 Å². The zero-order chi connectivity index (χ0) is 10.0. The molecule has 1 aliphatic carbocycles. The first-order chi connectivity index (χ1) is 6.74. The molecule has 1 aromatic heterocycles. The van der Waals surface area contributed by atoms with Crippen molar-refractivity contribution >= 4 is 0 Å². The number of rotatable bonds is 4. The average molecular weight is 190 g/mol. The first-order valence-corrected chi connectivity index (χ1v) is 5.31. The van der Waals surface area contributed by atoms with Gasteiger partial charge in [0.15, 0.2) is 0 Å². The minimum Gasteiger partial charge on any atom is -0.316 e. The lowest BCUT2D eigenvalue weighted by Gasteiger charge is -2.22. The summed E-state index contributed by atoms with van der Waals surface area (Å²) in [5, 5.41) is 3.43. The van der Waals surface area contributed by atoms with Crippen LogP contribution in [0.1, 0.15) is 25.3 Å². The fourth-order valence-corrected chi connectivity index (χ4v) is 2.00. The van der Waals surface area contributed by atoms with E-state index in [0.717, 1.165) is 6.42 Å². The molecule has 0 spiro atoms. The summed E-state index contributed by atoms with van der Waals surface area (Å²) < 4.78 is 0. The molecule has 0 amide bonds. The molecule has 2 nitrogen and oxygen atoms in total. The fraction of sp³-hybridized carbons (Fsp3) is 0.583. The average Bonchev–Trinajstić information content (AvgIpc) is 2.95. The Morgan fingerprint density at radius 2 is 2.07 bits per heavy atom. The van der Waals surface area contributed by atoms with Crippen LogP contribution in [0, 0.1) is 5.41 Å². The molecule has 1 aromatic rings. The van der Waals surface area contributed by atoms with Crippen molar-refractivity contribution in [2.45, 2.75) is 32.2 Å². The van der Waals surface area contributed by atoms with E-state index in [4.69, 9.17) is 0 Å². The van der Waals surface area contributed by atoms with Crippen molar-refractivity contribution in [3.63, 3.8) is 0 Å². The quantitative estimate of drug-likeness (QED) is 0.785. The summed E-state index contributed by atoms with van der Waals surface area (Å²) in [6, 6.07) is 4.83. The van der Waals surface area contributed by atoms with Crippen LogP contribution >= 0.6 is 0 Å². The SMILES string of the molecule is CNC(Cc1ccncc1)C1(C)CC1. The molecule has 0 aliphatic heterocycles. The Balaban J connectivity index is 2.02. The highest BCUT2D eigenvalue weighted by molar-refractivity contribution is 5.14. The second-order valence-electron chi connectivity index (χ2n) is 4.55. The van der Waals surface area contributed by atoms with E-state index in [1.54, 1.807) is 0 Å². The maximum Gasteiger partial charge on any atom is 0.0270 e. The van der Waals surface area contributed by atoms with Gasteiger partial charge in [-0.2, -0.15) is 0 Å². The van der Waals surface area contributed by atoms with Gasteiger partial charge in [0.1, 0.15) is 0 Å². The van der Waals surface area contributed by atoms with E-state index in [9.17, 15) is 0 Å². The molecule has 14 heavy (non-hydrogen) atoms. The van der Waals surface area contributed by atoms with Crippen LogP contribution < -0.4 is 5.32 Å². The van der Waals surface area contributed by atoms with E-state index >= 15 is 0 Å². The van der Waals surface area contributed by atoms with E-state index in [1.807, 2.05) is 12.4 Å². The summed E-state index contributed by atoms with van der Waals surface area (Å²) in [6.45, 7) is 2.37. The van der Waals surface area contributed by atoms with Gasteiger partial charge in [-0.15, -0.1) is 0 Å². The van der Waals surface area contributed by atoms with Gasteiger partial charge in [0, 0.05) is 18.4 Å². The van der Waals surface area contributed by atoms with Crippen molar-refractivity contribution in [3.05, 3.63) is 30.1 Å². The van der Waals surface area contributed by atoms with Crippen LogP contribution in [-0.2, 0) is 6.42 Å². The maximum absolute atomic E-state index is 4.04. The van der Waals surface area contributed by atoms with Crippen LogP contribution in [-0.4, -0.2) is 18.1 Å². The maximum atomic E-state index is 4.04. The van der Waals surface area contributed by atoms with Gasteiger partial charge in [-0.05, 0) is 49.4 Å². The Kier molecular flexibility index (Phi) is 2.55. The van der Waals surface area contributed by atoms with Crippen molar-refractivity contribution in [3.8, 4) is 0 Å². The van der Waals surface area contributed by atoms with Gasteiger partial charge in [-0.1, -0.05) is 6.92 Å².